The molecule has 4 aliphatic rings. The number of amides is 1. The lowest BCUT2D eigenvalue weighted by Gasteiger charge is -2.59. The number of nitrogens with zero attached hydrogens (tertiary/aromatic N) is 2. The molecule has 1 unspecified atom stereocenters. The highest BCUT2D eigenvalue weighted by Crippen LogP contribution is 2.61. The zero-order chi connectivity index (χ0) is 17.8. The van der Waals surface area contributed by atoms with Crippen LogP contribution < -0.4 is 5.32 Å². The van der Waals surface area contributed by atoms with Gasteiger partial charge in [-0.05, 0) is 73.0 Å². The maximum Gasteiger partial charge on any atom is 0.362 e. The van der Waals surface area contributed by atoms with Crippen LogP contribution in [0.3, 0.4) is 0 Å². The molecule has 0 aromatic carbocycles. The van der Waals surface area contributed by atoms with Gasteiger partial charge in [-0.1, -0.05) is 23.6 Å². The van der Waals surface area contributed by atoms with E-state index in [1.165, 1.54) is 38.5 Å². The summed E-state index contributed by atoms with van der Waals surface area (Å²) >= 11 is 5.96. The maximum atomic E-state index is 12.7. The van der Waals surface area contributed by atoms with Crippen molar-refractivity contribution in [3.05, 3.63) is 20.8 Å². The Morgan fingerprint density at radius 2 is 1.92 bits per heavy atom. The van der Waals surface area contributed by atoms with Crippen molar-refractivity contribution in [2.75, 3.05) is 0 Å². The van der Waals surface area contributed by atoms with Crippen LogP contribution in [0.25, 0.3) is 0 Å². The van der Waals surface area contributed by atoms with Crippen molar-refractivity contribution in [1.82, 2.24) is 15.5 Å². The fraction of sp³-hybridized carbons (Fsp3) is 0.765. The Morgan fingerprint density at radius 3 is 2.36 bits per heavy atom. The van der Waals surface area contributed by atoms with E-state index in [9.17, 15) is 14.9 Å². The zero-order valence-electron chi connectivity index (χ0n) is 14.3. The highest BCUT2D eigenvalue weighted by Gasteiger charge is 2.54. The Morgan fingerprint density at radius 1 is 1.36 bits per heavy atom. The molecule has 0 radical (unpaired) electrons. The van der Waals surface area contributed by atoms with Crippen LogP contribution in [-0.4, -0.2) is 27.1 Å². The Kier molecular flexibility index (Phi) is 4.02. The molecule has 0 aliphatic heterocycles. The van der Waals surface area contributed by atoms with E-state index in [2.05, 4.69) is 22.4 Å². The van der Waals surface area contributed by atoms with E-state index in [0.29, 0.717) is 0 Å². The summed E-state index contributed by atoms with van der Waals surface area (Å²) in [7, 11) is 0. The molecule has 4 aliphatic carbocycles. The molecule has 7 nitrogen and oxygen atoms in total. The van der Waals surface area contributed by atoms with E-state index in [-0.39, 0.29) is 22.2 Å². The van der Waals surface area contributed by atoms with Crippen molar-refractivity contribution >= 4 is 23.3 Å². The maximum absolute atomic E-state index is 12.7. The lowest BCUT2D eigenvalue weighted by Crippen LogP contribution is -2.56. The van der Waals surface area contributed by atoms with Gasteiger partial charge in [-0.2, -0.15) is 0 Å². The van der Waals surface area contributed by atoms with Crippen LogP contribution in [0.15, 0.2) is 0 Å². The summed E-state index contributed by atoms with van der Waals surface area (Å²) in [6.07, 6.45) is 8.45. The molecule has 4 fully saturated rings. The summed E-state index contributed by atoms with van der Waals surface area (Å²) in [6.45, 7) is 2.10. The van der Waals surface area contributed by atoms with Crippen molar-refractivity contribution in [3.63, 3.8) is 0 Å². The summed E-state index contributed by atoms with van der Waals surface area (Å²) < 4.78 is 0. The first kappa shape index (κ1) is 16.8. The Balaban J connectivity index is 1.54. The molecular formula is C17H23ClN4O3. The molecule has 4 saturated carbocycles. The van der Waals surface area contributed by atoms with Crippen LogP contribution in [0.4, 0.5) is 5.82 Å². The van der Waals surface area contributed by atoms with Crippen LogP contribution in [0.2, 0.25) is 5.02 Å². The number of hydrogen-bond donors (Lipinski definition) is 2. The number of rotatable bonds is 5. The Labute approximate surface area is 151 Å². The van der Waals surface area contributed by atoms with Gasteiger partial charge >= 0.3 is 5.82 Å². The van der Waals surface area contributed by atoms with Gasteiger partial charge in [0.25, 0.3) is 5.91 Å². The number of aromatic nitrogens is 2. The van der Waals surface area contributed by atoms with Crippen LogP contribution >= 0.6 is 11.6 Å². The molecule has 4 bridgehead atoms. The minimum absolute atomic E-state index is 0.0697. The van der Waals surface area contributed by atoms with Gasteiger partial charge in [0.1, 0.15) is 0 Å². The largest absolute Gasteiger partial charge is 0.362 e. The average molecular weight is 367 g/mol. The number of halogens is 1. The summed E-state index contributed by atoms with van der Waals surface area (Å²) in [5.74, 6) is 1.54. The summed E-state index contributed by atoms with van der Waals surface area (Å²) in [4.78, 5) is 22.9. The lowest BCUT2D eigenvalue weighted by molar-refractivity contribution is -0.389. The number of nitro groups is 1. The number of nitrogens with one attached hydrogen (secondary N) is 2. The van der Waals surface area contributed by atoms with E-state index in [1.807, 2.05) is 0 Å². The summed E-state index contributed by atoms with van der Waals surface area (Å²) in [5, 5.41) is 19.8. The first-order valence-corrected chi connectivity index (χ1v) is 9.48. The van der Waals surface area contributed by atoms with Gasteiger partial charge < -0.3 is 15.4 Å². The van der Waals surface area contributed by atoms with Gasteiger partial charge in [-0.3, -0.25) is 4.79 Å². The number of carbonyl (C=O) groups is 1. The first-order valence-electron chi connectivity index (χ1n) is 9.11. The van der Waals surface area contributed by atoms with Gasteiger partial charge in [0.2, 0.25) is 0 Å². The van der Waals surface area contributed by atoms with Gasteiger partial charge in [0.05, 0.1) is 0 Å². The number of hydrogen-bond acceptors (Lipinski definition) is 4. The molecule has 1 atom stereocenters. The third kappa shape index (κ3) is 2.72. The molecule has 136 valence electrons. The fourth-order valence-corrected chi connectivity index (χ4v) is 6.35. The highest BCUT2D eigenvalue weighted by molar-refractivity contribution is 6.35. The minimum Gasteiger partial charge on any atom is -0.358 e. The molecule has 1 aromatic rings. The highest BCUT2D eigenvalue weighted by atomic mass is 35.5. The fourth-order valence-electron chi connectivity index (χ4n) is 6.11. The molecule has 25 heavy (non-hydrogen) atoms. The molecule has 8 heteroatoms. The molecule has 0 spiro atoms. The minimum atomic E-state index is -0.664. The summed E-state index contributed by atoms with van der Waals surface area (Å²) in [5.41, 5.74) is 0.0879. The monoisotopic (exact) mass is 366 g/mol. The molecule has 1 heterocycles. The third-order valence-corrected chi connectivity index (χ3v) is 6.98. The number of H-pyrrole nitrogens is 1. The number of carbonyl (C=O) groups excluding carboxylic acids is 1. The van der Waals surface area contributed by atoms with E-state index >= 15 is 0 Å². The van der Waals surface area contributed by atoms with E-state index in [4.69, 9.17) is 11.6 Å². The van der Waals surface area contributed by atoms with Crippen molar-refractivity contribution in [3.8, 4) is 0 Å². The lowest BCUT2D eigenvalue weighted by atomic mass is 9.47. The number of aromatic amines is 1. The molecule has 5 rings (SSSR count). The van der Waals surface area contributed by atoms with Gasteiger partial charge in [-0.15, -0.1) is 5.10 Å². The SMILES string of the molecule is CCC(NC(=O)c1n[nH]c([N+](=O)[O-])c1Cl)C12CC3CC(CC(C3)C1)C2. The second-order valence-electron chi connectivity index (χ2n) is 8.21. The molecule has 0 saturated heterocycles. The van der Waals surface area contributed by atoms with Crippen LogP contribution in [-0.2, 0) is 0 Å². The van der Waals surface area contributed by atoms with Crippen LogP contribution in [0, 0.1) is 33.3 Å². The van der Waals surface area contributed by atoms with Gasteiger partial charge in [0, 0.05) is 6.04 Å². The normalized spacial score (nSPS) is 34.1. The summed E-state index contributed by atoms with van der Waals surface area (Å²) in [6, 6.07) is 0.0697. The van der Waals surface area contributed by atoms with Gasteiger partial charge in [-0.25, -0.2) is 0 Å². The van der Waals surface area contributed by atoms with Crippen molar-refractivity contribution in [2.24, 2.45) is 23.2 Å². The third-order valence-electron chi connectivity index (χ3n) is 6.63. The smallest absolute Gasteiger partial charge is 0.358 e. The van der Waals surface area contributed by atoms with E-state index in [1.54, 1.807) is 0 Å². The molecule has 1 aromatic heterocycles. The molecule has 1 amide bonds. The van der Waals surface area contributed by atoms with Crippen molar-refractivity contribution in [2.45, 2.75) is 57.9 Å². The van der Waals surface area contributed by atoms with Crippen molar-refractivity contribution in [1.29, 1.82) is 0 Å². The van der Waals surface area contributed by atoms with E-state index in [0.717, 1.165) is 24.2 Å². The Hall–Kier alpha value is -1.63. The standard InChI is InChI=1S/C17H23ClN4O3/c1-2-12(17-6-9-3-10(7-17)5-11(4-9)8-17)19-16(23)14-13(18)15(21-20-14)22(24)25/h9-12H,2-8H2,1H3,(H,19,23)(H,20,21). The molecular weight excluding hydrogens is 344 g/mol. The quantitative estimate of drug-likeness (QED) is 0.612. The molecule has 2 N–H and O–H groups in total. The first-order chi connectivity index (χ1) is 11.9. The van der Waals surface area contributed by atoms with Crippen LogP contribution in [0.5, 0.6) is 0 Å². The predicted molar refractivity (Wildman–Crippen MR) is 92.4 cm³/mol. The topological polar surface area (TPSA) is 101 Å². The average Bonchev–Trinajstić information content (AvgIpc) is 2.92. The van der Waals surface area contributed by atoms with E-state index < -0.39 is 16.6 Å². The second-order valence-corrected chi connectivity index (χ2v) is 8.58. The van der Waals surface area contributed by atoms with Crippen LogP contribution in [0.1, 0.15) is 62.4 Å². The predicted octanol–water partition coefficient (Wildman–Crippen LogP) is 3.70. The van der Waals surface area contributed by atoms with Crippen molar-refractivity contribution < 1.29 is 9.72 Å². The zero-order valence-corrected chi connectivity index (χ0v) is 15.0. The second kappa shape index (κ2) is 5.97. The van der Waals surface area contributed by atoms with Gasteiger partial charge in [0.15, 0.2) is 10.7 Å². The Bertz CT molecular complexity index is 681.